The molecule has 0 rings (SSSR count). The molecule has 0 spiro atoms. The van der Waals surface area contributed by atoms with E-state index < -0.39 is 17.4 Å². The van der Waals surface area contributed by atoms with Gasteiger partial charge in [-0.1, -0.05) is 96.8 Å². The van der Waals surface area contributed by atoms with Gasteiger partial charge in [0.15, 0.2) is 0 Å². The third-order valence-corrected chi connectivity index (χ3v) is 5.22. The Bertz CT molecular complexity index is 374. The van der Waals surface area contributed by atoms with E-state index in [4.69, 9.17) is 11.5 Å². The molecule has 5 heteroatoms. The van der Waals surface area contributed by atoms with Gasteiger partial charge >= 0.3 is 5.97 Å². The second-order valence-corrected chi connectivity index (χ2v) is 7.77. The highest BCUT2D eigenvalue weighted by Crippen LogP contribution is 2.20. The van der Waals surface area contributed by atoms with Crippen LogP contribution in [0.25, 0.3) is 0 Å². The van der Waals surface area contributed by atoms with Crippen LogP contribution in [0.4, 0.5) is 0 Å². The molecule has 1 atom stereocenters. The first kappa shape index (κ1) is 24.9. The molecule has 0 aliphatic rings. The Balaban J connectivity index is 3.51. The summed E-state index contributed by atoms with van der Waals surface area (Å²) in [5, 5.41) is 9.27. The molecule has 26 heavy (non-hydrogen) atoms. The zero-order chi connectivity index (χ0) is 19.7. The summed E-state index contributed by atoms with van der Waals surface area (Å²) in [6, 6.07) is 0. The quantitative estimate of drug-likeness (QED) is 0.281. The molecule has 0 aliphatic heterocycles. The lowest BCUT2D eigenvalue weighted by atomic mass is 9.88. The normalized spacial score (nSPS) is 13.5. The Morgan fingerprint density at radius 3 is 1.46 bits per heavy atom. The predicted molar refractivity (Wildman–Crippen MR) is 108 cm³/mol. The van der Waals surface area contributed by atoms with Crippen LogP contribution in [0.15, 0.2) is 0 Å². The maximum absolute atomic E-state index is 11.3. The Hall–Kier alpha value is -1.10. The largest absolute Gasteiger partial charge is 0.480 e. The van der Waals surface area contributed by atoms with E-state index in [2.05, 4.69) is 6.92 Å². The molecule has 5 nitrogen and oxygen atoms in total. The van der Waals surface area contributed by atoms with Gasteiger partial charge in [0, 0.05) is 6.42 Å². The van der Waals surface area contributed by atoms with Gasteiger partial charge in [0.2, 0.25) is 5.91 Å². The van der Waals surface area contributed by atoms with Crippen molar-refractivity contribution < 1.29 is 14.7 Å². The van der Waals surface area contributed by atoms with Gasteiger partial charge in [-0.05, 0) is 12.8 Å². The molecule has 0 aromatic carbocycles. The van der Waals surface area contributed by atoms with E-state index >= 15 is 0 Å². The zero-order valence-corrected chi connectivity index (χ0v) is 16.9. The number of primary amides is 1. The highest BCUT2D eigenvalue weighted by molar-refractivity contribution is 5.80. The summed E-state index contributed by atoms with van der Waals surface area (Å²) in [4.78, 5) is 22.2. The molecule has 1 amide bonds. The van der Waals surface area contributed by atoms with Crippen LogP contribution in [-0.2, 0) is 9.59 Å². The Labute approximate surface area is 160 Å². The SMILES string of the molecule is CCCCCCCCCCCCCCCC[C@](N)(CCC(N)=O)C(=O)O. The number of hydrogen-bond acceptors (Lipinski definition) is 3. The van der Waals surface area contributed by atoms with Gasteiger partial charge in [0.05, 0.1) is 0 Å². The van der Waals surface area contributed by atoms with Gasteiger partial charge in [-0.2, -0.15) is 0 Å². The van der Waals surface area contributed by atoms with Crippen LogP contribution in [-0.4, -0.2) is 22.5 Å². The summed E-state index contributed by atoms with van der Waals surface area (Å²) >= 11 is 0. The Morgan fingerprint density at radius 2 is 1.12 bits per heavy atom. The van der Waals surface area contributed by atoms with Gasteiger partial charge in [-0.25, -0.2) is 0 Å². The fraction of sp³-hybridized carbons (Fsp3) is 0.905. The highest BCUT2D eigenvalue weighted by Gasteiger charge is 2.33. The van der Waals surface area contributed by atoms with Gasteiger partial charge < -0.3 is 16.6 Å². The van der Waals surface area contributed by atoms with Crippen molar-refractivity contribution in [3.05, 3.63) is 0 Å². The summed E-state index contributed by atoms with van der Waals surface area (Å²) < 4.78 is 0. The van der Waals surface area contributed by atoms with Crippen molar-refractivity contribution in [3.8, 4) is 0 Å². The third kappa shape index (κ3) is 14.1. The number of carboxylic acid groups (broad SMARTS) is 1. The van der Waals surface area contributed by atoms with Crippen molar-refractivity contribution in [2.24, 2.45) is 11.5 Å². The predicted octanol–water partition coefficient (Wildman–Crippen LogP) is 4.91. The highest BCUT2D eigenvalue weighted by atomic mass is 16.4. The van der Waals surface area contributed by atoms with Crippen molar-refractivity contribution >= 4 is 11.9 Å². The van der Waals surface area contributed by atoms with E-state index in [1.54, 1.807) is 0 Å². The summed E-state index contributed by atoms with van der Waals surface area (Å²) in [7, 11) is 0. The average molecular weight is 371 g/mol. The van der Waals surface area contributed by atoms with Crippen LogP contribution in [0.5, 0.6) is 0 Å². The minimum Gasteiger partial charge on any atom is -0.480 e. The summed E-state index contributed by atoms with van der Waals surface area (Å²) in [5.74, 6) is -1.53. The maximum atomic E-state index is 11.3. The van der Waals surface area contributed by atoms with Crippen molar-refractivity contribution in [1.82, 2.24) is 0 Å². The smallest absolute Gasteiger partial charge is 0.323 e. The molecule has 0 aromatic rings. The number of nitrogens with two attached hydrogens (primary N) is 2. The zero-order valence-electron chi connectivity index (χ0n) is 16.9. The standard InChI is InChI=1S/C21H42N2O3/c1-2-3-4-5-6-7-8-9-10-11-12-13-14-15-17-21(23,20(25)26)18-16-19(22)24/h2-18,23H2,1H3,(H2,22,24)(H,25,26)/t21-/m0/s1. The number of carbonyl (C=O) groups excluding carboxylic acids is 1. The van der Waals surface area contributed by atoms with Crippen LogP contribution in [0.3, 0.4) is 0 Å². The first-order valence-corrected chi connectivity index (χ1v) is 10.7. The summed E-state index contributed by atoms with van der Waals surface area (Å²) in [6.07, 6.45) is 18.2. The first-order valence-electron chi connectivity index (χ1n) is 10.7. The molecule has 0 aliphatic carbocycles. The lowest BCUT2D eigenvalue weighted by molar-refractivity contribution is -0.144. The lowest BCUT2D eigenvalue weighted by Gasteiger charge is -2.24. The molecule has 0 fully saturated rings. The monoisotopic (exact) mass is 370 g/mol. The topological polar surface area (TPSA) is 106 Å². The second-order valence-electron chi connectivity index (χ2n) is 7.77. The van der Waals surface area contributed by atoms with E-state index in [0.29, 0.717) is 6.42 Å². The summed E-state index contributed by atoms with van der Waals surface area (Å²) in [6.45, 7) is 2.25. The van der Waals surface area contributed by atoms with E-state index in [1.807, 2.05) is 0 Å². The number of rotatable bonds is 19. The van der Waals surface area contributed by atoms with Gasteiger partial charge in [-0.3, -0.25) is 9.59 Å². The van der Waals surface area contributed by atoms with E-state index in [1.165, 1.54) is 70.6 Å². The van der Waals surface area contributed by atoms with Crippen LogP contribution in [0.1, 0.15) is 116 Å². The molecular weight excluding hydrogens is 328 g/mol. The number of hydrogen-bond donors (Lipinski definition) is 3. The van der Waals surface area contributed by atoms with E-state index in [-0.39, 0.29) is 12.8 Å². The fourth-order valence-electron chi connectivity index (χ4n) is 3.32. The van der Waals surface area contributed by atoms with Crippen molar-refractivity contribution in [2.75, 3.05) is 0 Å². The van der Waals surface area contributed by atoms with Crippen LogP contribution in [0.2, 0.25) is 0 Å². The van der Waals surface area contributed by atoms with E-state index in [9.17, 15) is 14.7 Å². The lowest BCUT2D eigenvalue weighted by Crippen LogP contribution is -2.48. The first-order chi connectivity index (χ1) is 12.4. The number of amides is 1. The Kier molecular flexibility index (Phi) is 15.4. The summed E-state index contributed by atoms with van der Waals surface area (Å²) in [5.41, 5.74) is 9.71. The van der Waals surface area contributed by atoms with Crippen LogP contribution in [0, 0.1) is 0 Å². The minimum atomic E-state index is -1.31. The molecule has 0 unspecified atom stereocenters. The Morgan fingerprint density at radius 1 is 0.731 bits per heavy atom. The van der Waals surface area contributed by atoms with Gasteiger partial charge in [0.1, 0.15) is 5.54 Å². The molecule has 154 valence electrons. The van der Waals surface area contributed by atoms with Gasteiger partial charge in [-0.15, -0.1) is 0 Å². The molecule has 0 saturated carbocycles. The number of carbonyl (C=O) groups is 2. The van der Waals surface area contributed by atoms with Crippen molar-refractivity contribution in [2.45, 2.75) is 122 Å². The molecule has 0 radical (unpaired) electrons. The maximum Gasteiger partial charge on any atom is 0.323 e. The molecule has 5 N–H and O–H groups in total. The molecule has 0 aromatic heterocycles. The molecular formula is C21H42N2O3. The average Bonchev–Trinajstić information content (AvgIpc) is 2.60. The van der Waals surface area contributed by atoms with Crippen molar-refractivity contribution in [3.63, 3.8) is 0 Å². The van der Waals surface area contributed by atoms with Crippen molar-refractivity contribution in [1.29, 1.82) is 0 Å². The van der Waals surface area contributed by atoms with Gasteiger partial charge in [0.25, 0.3) is 0 Å². The third-order valence-electron chi connectivity index (χ3n) is 5.22. The number of unbranched alkanes of at least 4 members (excludes halogenated alkanes) is 13. The van der Waals surface area contributed by atoms with E-state index in [0.717, 1.165) is 19.3 Å². The number of aliphatic carboxylic acids is 1. The van der Waals surface area contributed by atoms with Crippen LogP contribution < -0.4 is 11.5 Å². The second kappa shape index (κ2) is 16.1. The van der Waals surface area contributed by atoms with Crippen LogP contribution >= 0.6 is 0 Å². The molecule has 0 saturated heterocycles. The fourth-order valence-corrected chi connectivity index (χ4v) is 3.32. The minimum absolute atomic E-state index is 0.0292. The molecule has 0 heterocycles. The number of carboxylic acids is 1. The molecule has 0 bridgehead atoms.